The molecule has 0 aliphatic carbocycles. The molecule has 0 aromatic heterocycles. The third-order valence-corrected chi connectivity index (χ3v) is 2.41. The summed E-state index contributed by atoms with van der Waals surface area (Å²) in [5, 5.41) is 14.2. The van der Waals surface area contributed by atoms with Crippen LogP contribution < -0.4 is 10.6 Å². The molecule has 1 aromatic carbocycles. The lowest BCUT2D eigenvalue weighted by Gasteiger charge is -2.06. The molecule has 0 radical (unpaired) electrons. The fourth-order valence-electron chi connectivity index (χ4n) is 1.51. The number of hydrogen-bond donors (Lipinski definition) is 3. The van der Waals surface area contributed by atoms with Crippen LogP contribution >= 0.6 is 0 Å². The third-order valence-electron chi connectivity index (χ3n) is 2.41. The highest BCUT2D eigenvalue weighted by atomic mass is 19.1. The smallest absolute Gasteiger partial charge is 0.238 e. The number of carbonyl (C=O) groups is 1. The summed E-state index contributed by atoms with van der Waals surface area (Å²) in [6.07, 6.45) is 2.65. The van der Waals surface area contributed by atoms with Gasteiger partial charge < -0.3 is 15.7 Å². The van der Waals surface area contributed by atoms with E-state index in [4.69, 9.17) is 5.11 Å². The standard InChI is InChI=1S/C13H19FN2O2/c14-11-5-4-6-12(9-11)16-13(18)10-15-7-2-1-3-8-17/h4-6,9,15,17H,1-3,7-8,10H2,(H,16,18). The summed E-state index contributed by atoms with van der Waals surface area (Å²) in [5.74, 6) is -0.562. The Morgan fingerprint density at radius 1 is 1.28 bits per heavy atom. The van der Waals surface area contributed by atoms with Crippen LogP contribution in [0.25, 0.3) is 0 Å². The van der Waals surface area contributed by atoms with E-state index in [1.54, 1.807) is 12.1 Å². The maximum Gasteiger partial charge on any atom is 0.238 e. The highest BCUT2D eigenvalue weighted by Crippen LogP contribution is 2.08. The van der Waals surface area contributed by atoms with E-state index in [9.17, 15) is 9.18 Å². The number of halogens is 1. The first kappa shape index (κ1) is 14.6. The molecule has 0 aliphatic rings. The Kier molecular flexibility index (Phi) is 6.98. The average Bonchev–Trinajstić information content (AvgIpc) is 2.33. The molecule has 3 N–H and O–H groups in total. The summed E-state index contributed by atoms with van der Waals surface area (Å²) in [4.78, 5) is 11.5. The molecule has 4 nitrogen and oxygen atoms in total. The van der Waals surface area contributed by atoms with Gasteiger partial charge in [-0.25, -0.2) is 4.39 Å². The summed E-state index contributed by atoms with van der Waals surface area (Å²) in [7, 11) is 0. The third kappa shape index (κ3) is 6.32. The van der Waals surface area contributed by atoms with Crippen LogP contribution in [-0.2, 0) is 4.79 Å². The van der Waals surface area contributed by atoms with E-state index in [-0.39, 0.29) is 24.9 Å². The Hall–Kier alpha value is -1.46. The van der Waals surface area contributed by atoms with Crippen molar-refractivity contribution < 1.29 is 14.3 Å². The summed E-state index contributed by atoms with van der Waals surface area (Å²) in [5.41, 5.74) is 0.460. The Bertz CT molecular complexity index is 372. The number of aliphatic hydroxyl groups is 1. The molecule has 1 aromatic rings. The van der Waals surface area contributed by atoms with Crippen molar-refractivity contribution in [3.05, 3.63) is 30.1 Å². The first-order chi connectivity index (χ1) is 8.72. The number of unbranched alkanes of at least 4 members (excludes halogenated alkanes) is 2. The monoisotopic (exact) mass is 254 g/mol. The molecule has 1 rings (SSSR count). The van der Waals surface area contributed by atoms with Crippen LogP contribution in [0.2, 0.25) is 0 Å². The zero-order chi connectivity index (χ0) is 13.2. The first-order valence-electron chi connectivity index (χ1n) is 6.09. The van der Waals surface area contributed by atoms with E-state index < -0.39 is 0 Å². The van der Waals surface area contributed by atoms with Gasteiger partial charge in [-0.1, -0.05) is 6.07 Å². The fourth-order valence-corrected chi connectivity index (χ4v) is 1.51. The zero-order valence-electron chi connectivity index (χ0n) is 10.3. The lowest BCUT2D eigenvalue weighted by atomic mass is 10.2. The predicted molar refractivity (Wildman–Crippen MR) is 68.8 cm³/mol. The number of nitrogens with one attached hydrogen (secondary N) is 2. The molecular weight excluding hydrogens is 235 g/mol. The fraction of sp³-hybridized carbons (Fsp3) is 0.462. The Morgan fingerprint density at radius 2 is 2.11 bits per heavy atom. The van der Waals surface area contributed by atoms with Crippen molar-refractivity contribution in [2.45, 2.75) is 19.3 Å². The number of amides is 1. The van der Waals surface area contributed by atoms with Crippen molar-refractivity contribution in [3.63, 3.8) is 0 Å². The van der Waals surface area contributed by atoms with Gasteiger partial charge in [0.05, 0.1) is 6.54 Å². The van der Waals surface area contributed by atoms with Gasteiger partial charge in [0.25, 0.3) is 0 Å². The number of hydrogen-bond acceptors (Lipinski definition) is 3. The van der Waals surface area contributed by atoms with Gasteiger partial charge in [-0.2, -0.15) is 0 Å². The number of anilines is 1. The summed E-state index contributed by atoms with van der Waals surface area (Å²) < 4.78 is 12.9. The maximum absolute atomic E-state index is 12.9. The molecule has 0 spiro atoms. The van der Waals surface area contributed by atoms with Gasteiger partial charge in [-0.3, -0.25) is 4.79 Å². The molecule has 0 saturated carbocycles. The normalized spacial score (nSPS) is 10.3. The van der Waals surface area contributed by atoms with Crippen molar-refractivity contribution in [3.8, 4) is 0 Å². The number of carbonyl (C=O) groups excluding carboxylic acids is 1. The minimum Gasteiger partial charge on any atom is -0.396 e. The van der Waals surface area contributed by atoms with Gasteiger partial charge in [0.1, 0.15) is 5.82 Å². The zero-order valence-corrected chi connectivity index (χ0v) is 10.3. The van der Waals surface area contributed by atoms with Gasteiger partial charge in [0.15, 0.2) is 0 Å². The van der Waals surface area contributed by atoms with Crippen LogP contribution in [0.4, 0.5) is 10.1 Å². The summed E-state index contributed by atoms with van der Waals surface area (Å²) in [6, 6.07) is 5.80. The van der Waals surface area contributed by atoms with Gasteiger partial charge in [-0.15, -0.1) is 0 Å². The Balaban J connectivity index is 2.14. The topological polar surface area (TPSA) is 61.4 Å². The number of aliphatic hydroxyl groups excluding tert-OH is 1. The van der Waals surface area contributed by atoms with E-state index in [0.29, 0.717) is 5.69 Å². The van der Waals surface area contributed by atoms with Crippen LogP contribution in [0.5, 0.6) is 0 Å². The second kappa shape index (κ2) is 8.60. The quantitative estimate of drug-likeness (QED) is 0.616. The van der Waals surface area contributed by atoms with Crippen LogP contribution in [0.15, 0.2) is 24.3 Å². The Morgan fingerprint density at radius 3 is 2.83 bits per heavy atom. The Labute approximate surface area is 106 Å². The van der Waals surface area contributed by atoms with Crippen LogP contribution in [0, 0.1) is 5.82 Å². The van der Waals surface area contributed by atoms with Gasteiger partial charge in [0.2, 0.25) is 5.91 Å². The van der Waals surface area contributed by atoms with Crippen molar-refractivity contribution in [2.24, 2.45) is 0 Å². The molecule has 18 heavy (non-hydrogen) atoms. The van der Waals surface area contributed by atoms with E-state index >= 15 is 0 Å². The van der Waals surface area contributed by atoms with Crippen LogP contribution in [0.1, 0.15) is 19.3 Å². The molecule has 0 atom stereocenters. The molecule has 0 bridgehead atoms. The summed E-state index contributed by atoms with van der Waals surface area (Å²) in [6.45, 7) is 1.15. The molecular formula is C13H19FN2O2. The number of benzene rings is 1. The predicted octanol–water partition coefficient (Wildman–Crippen LogP) is 1.52. The average molecular weight is 254 g/mol. The highest BCUT2D eigenvalue weighted by Gasteiger charge is 2.02. The van der Waals surface area contributed by atoms with Gasteiger partial charge in [0, 0.05) is 12.3 Å². The second-order valence-electron chi connectivity index (χ2n) is 4.02. The minimum absolute atomic E-state index is 0.192. The molecule has 100 valence electrons. The van der Waals surface area contributed by atoms with E-state index in [2.05, 4.69) is 10.6 Å². The van der Waals surface area contributed by atoms with Gasteiger partial charge >= 0.3 is 0 Å². The van der Waals surface area contributed by atoms with Crippen LogP contribution in [0.3, 0.4) is 0 Å². The largest absolute Gasteiger partial charge is 0.396 e. The van der Waals surface area contributed by atoms with Crippen molar-refractivity contribution in [1.82, 2.24) is 5.32 Å². The molecule has 0 heterocycles. The van der Waals surface area contributed by atoms with Crippen LogP contribution in [-0.4, -0.2) is 30.7 Å². The molecule has 0 saturated heterocycles. The van der Waals surface area contributed by atoms with E-state index in [0.717, 1.165) is 25.8 Å². The first-order valence-corrected chi connectivity index (χ1v) is 6.09. The second-order valence-corrected chi connectivity index (χ2v) is 4.02. The SMILES string of the molecule is O=C(CNCCCCCO)Nc1cccc(F)c1. The summed E-state index contributed by atoms with van der Waals surface area (Å²) >= 11 is 0. The number of rotatable bonds is 8. The molecule has 1 amide bonds. The van der Waals surface area contributed by atoms with Crippen molar-refractivity contribution in [2.75, 3.05) is 25.0 Å². The molecule has 0 aliphatic heterocycles. The molecule has 0 unspecified atom stereocenters. The van der Waals surface area contributed by atoms with E-state index in [1.807, 2.05) is 0 Å². The van der Waals surface area contributed by atoms with Crippen molar-refractivity contribution >= 4 is 11.6 Å². The molecule has 5 heteroatoms. The van der Waals surface area contributed by atoms with Crippen molar-refractivity contribution in [1.29, 1.82) is 0 Å². The minimum atomic E-state index is -0.371. The lowest BCUT2D eigenvalue weighted by molar-refractivity contribution is -0.115. The van der Waals surface area contributed by atoms with E-state index in [1.165, 1.54) is 12.1 Å². The molecule has 0 fully saturated rings. The van der Waals surface area contributed by atoms with Gasteiger partial charge in [-0.05, 0) is 44.0 Å². The highest BCUT2D eigenvalue weighted by molar-refractivity contribution is 5.92. The maximum atomic E-state index is 12.9. The lowest BCUT2D eigenvalue weighted by Crippen LogP contribution is -2.28.